The molecule has 2 saturated carbocycles. The molecule has 2 saturated heterocycles. The summed E-state index contributed by atoms with van der Waals surface area (Å²) in [6, 6.07) is 5.52. The van der Waals surface area contributed by atoms with Crippen LogP contribution in [0.1, 0.15) is 69.8 Å². The Labute approximate surface area is 212 Å². The highest BCUT2D eigenvalue weighted by Gasteiger charge is 2.49. The second kappa shape index (κ2) is 9.93. The second-order valence-electron chi connectivity index (χ2n) is 11.6. The first-order valence-electron chi connectivity index (χ1n) is 13.9. The first-order chi connectivity index (χ1) is 17.5. The zero-order valence-corrected chi connectivity index (χ0v) is 21.1. The van der Waals surface area contributed by atoms with E-state index < -0.39 is 0 Å². The van der Waals surface area contributed by atoms with Crippen LogP contribution < -0.4 is 10.2 Å². The number of likely N-dealkylation sites (tertiary alicyclic amines) is 1. The van der Waals surface area contributed by atoms with Crippen LogP contribution in [-0.2, 0) is 19.7 Å². The normalized spacial score (nSPS) is 30.1. The summed E-state index contributed by atoms with van der Waals surface area (Å²) in [7, 11) is 0. The highest BCUT2D eigenvalue weighted by atomic mass is 19.1. The van der Waals surface area contributed by atoms with E-state index in [-0.39, 0.29) is 41.3 Å². The van der Waals surface area contributed by atoms with Crippen LogP contribution in [0.15, 0.2) is 18.2 Å². The van der Waals surface area contributed by atoms with Crippen LogP contribution in [0.2, 0.25) is 0 Å². The minimum absolute atomic E-state index is 0.121. The maximum Gasteiger partial charge on any atom is 0.407 e. The molecule has 6 rings (SSSR count). The number of hydrogen-bond acceptors (Lipinski definition) is 5. The van der Waals surface area contributed by atoms with Crippen molar-refractivity contribution in [2.45, 2.75) is 87.8 Å². The fourth-order valence-corrected chi connectivity index (χ4v) is 6.89. The van der Waals surface area contributed by atoms with Gasteiger partial charge in [0.25, 0.3) is 0 Å². The molecule has 1 aromatic carbocycles. The quantitative estimate of drug-likeness (QED) is 0.631. The average Bonchev–Trinajstić information content (AvgIpc) is 3.58. The highest BCUT2D eigenvalue weighted by Crippen LogP contribution is 2.49. The summed E-state index contributed by atoms with van der Waals surface area (Å²) in [5, 5.41) is 3.13. The van der Waals surface area contributed by atoms with Gasteiger partial charge in [0.15, 0.2) is 0 Å². The molecular weight excluding hydrogens is 461 g/mol. The molecule has 4 fully saturated rings. The first kappa shape index (κ1) is 24.2. The number of alkyl carbamates (subject to hydrolysis) is 1. The molecule has 0 aromatic heterocycles. The summed E-state index contributed by atoms with van der Waals surface area (Å²) in [5.41, 5.74) is 1.79. The molecule has 2 aliphatic carbocycles. The minimum atomic E-state index is -0.321. The van der Waals surface area contributed by atoms with Crippen LogP contribution >= 0.6 is 0 Å². The van der Waals surface area contributed by atoms with E-state index in [9.17, 15) is 14.0 Å². The molecule has 1 spiro atoms. The summed E-state index contributed by atoms with van der Waals surface area (Å²) in [6.07, 6.45) is 9.44. The predicted molar refractivity (Wildman–Crippen MR) is 133 cm³/mol. The Morgan fingerprint density at radius 3 is 2.64 bits per heavy atom. The molecule has 3 heterocycles. The summed E-state index contributed by atoms with van der Waals surface area (Å²) in [4.78, 5) is 30.0. The number of amides is 2. The lowest BCUT2D eigenvalue weighted by Crippen LogP contribution is -2.50. The van der Waals surface area contributed by atoms with Crippen molar-refractivity contribution in [3.8, 4) is 0 Å². The van der Waals surface area contributed by atoms with Crippen molar-refractivity contribution in [2.24, 2.45) is 5.92 Å². The Balaban J connectivity index is 1.10. The predicted octanol–water partition coefficient (Wildman–Crippen LogP) is 4.13. The third-order valence-corrected chi connectivity index (χ3v) is 9.13. The summed E-state index contributed by atoms with van der Waals surface area (Å²) < 4.78 is 25.2. The Morgan fingerprint density at radius 2 is 1.89 bits per heavy atom. The van der Waals surface area contributed by atoms with Crippen LogP contribution in [-0.4, -0.2) is 67.9 Å². The van der Waals surface area contributed by atoms with Gasteiger partial charge in [0.1, 0.15) is 11.9 Å². The van der Waals surface area contributed by atoms with Crippen LogP contribution in [0.3, 0.4) is 0 Å². The molecule has 36 heavy (non-hydrogen) atoms. The fraction of sp³-hybridized carbons (Fsp3) is 0.714. The van der Waals surface area contributed by atoms with Crippen molar-refractivity contribution in [1.82, 2.24) is 10.2 Å². The van der Waals surface area contributed by atoms with E-state index in [1.54, 1.807) is 6.07 Å². The van der Waals surface area contributed by atoms with E-state index in [1.807, 2.05) is 11.0 Å². The molecule has 5 aliphatic rings. The Morgan fingerprint density at radius 1 is 1.08 bits per heavy atom. The molecule has 3 aliphatic heterocycles. The molecule has 7 nitrogen and oxygen atoms in total. The standard InChI is InChI=1S/C28H38FN3O4/c29-20-7-8-25-24(15-20)28(18-32(25)26(33)19-5-6-19)10-12-31(13-11-28)22-4-2-1-3-21(16-22)30-27(34)36-23-9-14-35-17-23/h7-8,15,19,21-23H,1-6,9-14,16-18H2,(H,30,34)/t21?,22?,23-/m1/s1. The largest absolute Gasteiger partial charge is 0.444 e. The maximum atomic E-state index is 14.3. The number of nitrogens with zero attached hydrogens (tertiary/aromatic N) is 2. The Hall–Kier alpha value is -2.19. The number of benzene rings is 1. The van der Waals surface area contributed by atoms with Crippen molar-refractivity contribution < 1.29 is 23.5 Å². The molecule has 1 aromatic rings. The highest BCUT2D eigenvalue weighted by molar-refractivity contribution is 5.99. The molecule has 2 unspecified atom stereocenters. The van der Waals surface area contributed by atoms with Crippen molar-refractivity contribution in [3.05, 3.63) is 29.6 Å². The van der Waals surface area contributed by atoms with Crippen LogP contribution in [0.5, 0.6) is 0 Å². The smallest absolute Gasteiger partial charge is 0.407 e. The van der Waals surface area contributed by atoms with Gasteiger partial charge in [-0.2, -0.15) is 0 Å². The molecule has 196 valence electrons. The van der Waals surface area contributed by atoms with Crippen molar-refractivity contribution in [1.29, 1.82) is 0 Å². The van der Waals surface area contributed by atoms with Gasteiger partial charge in [-0.1, -0.05) is 12.8 Å². The van der Waals surface area contributed by atoms with E-state index in [1.165, 1.54) is 6.07 Å². The lowest BCUT2D eigenvalue weighted by Gasteiger charge is -2.43. The van der Waals surface area contributed by atoms with E-state index in [0.717, 1.165) is 88.5 Å². The van der Waals surface area contributed by atoms with Gasteiger partial charge in [-0.3, -0.25) is 4.79 Å². The first-order valence-corrected chi connectivity index (χ1v) is 13.9. The lowest BCUT2D eigenvalue weighted by molar-refractivity contribution is -0.119. The third-order valence-electron chi connectivity index (χ3n) is 9.13. The van der Waals surface area contributed by atoms with E-state index in [2.05, 4.69) is 10.2 Å². The second-order valence-corrected chi connectivity index (χ2v) is 11.6. The number of ether oxygens (including phenoxy) is 2. The lowest BCUT2D eigenvalue weighted by atomic mass is 9.74. The summed E-state index contributed by atoms with van der Waals surface area (Å²) in [6.45, 7) is 3.70. The number of hydrogen-bond donors (Lipinski definition) is 1. The molecule has 3 atom stereocenters. The van der Waals surface area contributed by atoms with Crippen LogP contribution in [0, 0.1) is 11.7 Å². The molecule has 8 heteroatoms. The van der Waals surface area contributed by atoms with Crippen LogP contribution in [0.25, 0.3) is 0 Å². The Kier molecular flexibility index (Phi) is 6.67. The van der Waals surface area contributed by atoms with Gasteiger partial charge >= 0.3 is 6.09 Å². The number of nitrogens with one attached hydrogen (secondary N) is 1. The van der Waals surface area contributed by atoms with Gasteiger partial charge in [0.05, 0.1) is 13.2 Å². The van der Waals surface area contributed by atoms with Gasteiger partial charge in [-0.05, 0) is 81.8 Å². The number of rotatable bonds is 4. The van der Waals surface area contributed by atoms with Crippen LogP contribution in [0.4, 0.5) is 14.9 Å². The van der Waals surface area contributed by atoms with Gasteiger partial charge < -0.3 is 24.6 Å². The number of piperidine rings is 1. The number of carbonyl (C=O) groups excluding carboxylic acids is 2. The number of halogens is 1. The van der Waals surface area contributed by atoms with E-state index in [4.69, 9.17) is 9.47 Å². The number of fused-ring (bicyclic) bond motifs is 2. The van der Waals surface area contributed by atoms with E-state index in [0.29, 0.717) is 25.8 Å². The minimum Gasteiger partial charge on any atom is -0.444 e. The van der Waals surface area contributed by atoms with Crippen molar-refractivity contribution in [2.75, 3.05) is 37.7 Å². The van der Waals surface area contributed by atoms with Gasteiger partial charge in [-0.25, -0.2) is 9.18 Å². The maximum absolute atomic E-state index is 14.3. The van der Waals surface area contributed by atoms with Crippen molar-refractivity contribution >= 4 is 17.7 Å². The molecule has 0 bridgehead atoms. The summed E-state index contributed by atoms with van der Waals surface area (Å²) in [5.74, 6) is 0.155. The molecule has 2 amide bonds. The summed E-state index contributed by atoms with van der Waals surface area (Å²) >= 11 is 0. The van der Waals surface area contributed by atoms with Gasteiger partial charge in [-0.15, -0.1) is 0 Å². The van der Waals surface area contributed by atoms with E-state index >= 15 is 0 Å². The molecule has 1 N–H and O–H groups in total. The average molecular weight is 500 g/mol. The van der Waals surface area contributed by atoms with Gasteiger partial charge in [0, 0.05) is 42.1 Å². The number of carbonyl (C=O) groups is 2. The third kappa shape index (κ3) is 4.86. The Bertz CT molecular complexity index is 985. The molecular formula is C28H38FN3O4. The monoisotopic (exact) mass is 499 g/mol. The van der Waals surface area contributed by atoms with Crippen molar-refractivity contribution in [3.63, 3.8) is 0 Å². The topological polar surface area (TPSA) is 71.1 Å². The van der Waals surface area contributed by atoms with Gasteiger partial charge in [0.2, 0.25) is 5.91 Å². The molecule has 0 radical (unpaired) electrons. The zero-order valence-electron chi connectivity index (χ0n) is 21.1. The fourth-order valence-electron chi connectivity index (χ4n) is 6.89. The SMILES string of the molecule is O=C(NC1CCCCC(N2CCC3(CC2)CN(C(=O)C2CC2)c2ccc(F)cc23)C1)O[C@@H]1CCOC1. The number of anilines is 1. The zero-order chi connectivity index (χ0) is 24.7.